The van der Waals surface area contributed by atoms with E-state index in [1.54, 1.807) is 7.11 Å². The summed E-state index contributed by atoms with van der Waals surface area (Å²) in [5, 5.41) is 3.28. The minimum atomic E-state index is 0.449. The van der Waals surface area contributed by atoms with Gasteiger partial charge in [0.25, 0.3) is 0 Å². The Labute approximate surface area is 121 Å². The highest BCUT2D eigenvalue weighted by Gasteiger charge is 2.24. The third-order valence-corrected chi connectivity index (χ3v) is 3.82. The predicted octanol–water partition coefficient (Wildman–Crippen LogP) is 2.68. The average molecular weight is 278 g/mol. The van der Waals surface area contributed by atoms with E-state index in [4.69, 9.17) is 4.74 Å². The lowest BCUT2D eigenvalue weighted by atomic mass is 9.93. The first-order valence-corrected chi connectivity index (χ1v) is 7.51. The van der Waals surface area contributed by atoms with E-state index >= 15 is 0 Å². The van der Waals surface area contributed by atoms with Gasteiger partial charge in [0, 0.05) is 32.3 Å². The molecule has 2 heterocycles. The van der Waals surface area contributed by atoms with Gasteiger partial charge in [0.05, 0.1) is 0 Å². The maximum Gasteiger partial charge on any atom is 0.158 e. The molecule has 2 atom stereocenters. The number of anilines is 2. The highest BCUT2D eigenvalue weighted by molar-refractivity contribution is 5.50. The Kier molecular flexibility index (Phi) is 5.17. The van der Waals surface area contributed by atoms with Crippen LogP contribution in [0.5, 0.6) is 0 Å². The highest BCUT2D eigenvalue weighted by atomic mass is 16.5. The van der Waals surface area contributed by atoms with Crippen LogP contribution in [-0.4, -0.2) is 36.2 Å². The van der Waals surface area contributed by atoms with E-state index in [0.29, 0.717) is 12.6 Å². The van der Waals surface area contributed by atoms with E-state index in [1.807, 2.05) is 0 Å². The molecule has 0 amide bonds. The van der Waals surface area contributed by atoms with Gasteiger partial charge in [0.15, 0.2) is 5.82 Å². The van der Waals surface area contributed by atoms with Crippen molar-refractivity contribution in [1.82, 2.24) is 9.97 Å². The van der Waals surface area contributed by atoms with Crippen molar-refractivity contribution in [3.8, 4) is 0 Å². The lowest BCUT2D eigenvalue weighted by Crippen LogP contribution is -2.41. The molecule has 1 N–H and O–H groups in total. The third kappa shape index (κ3) is 3.60. The molecule has 20 heavy (non-hydrogen) atoms. The number of hydrogen-bond donors (Lipinski definition) is 1. The van der Waals surface area contributed by atoms with E-state index in [-0.39, 0.29) is 0 Å². The molecule has 1 aliphatic rings. The number of nitrogens with zero attached hydrogens (tertiary/aromatic N) is 3. The molecular weight excluding hydrogens is 252 g/mol. The predicted molar refractivity (Wildman–Crippen MR) is 82.1 cm³/mol. The molecule has 112 valence electrons. The maximum atomic E-state index is 5.18. The first kappa shape index (κ1) is 15.0. The van der Waals surface area contributed by atoms with E-state index in [2.05, 4.69) is 47.0 Å². The van der Waals surface area contributed by atoms with Crippen molar-refractivity contribution < 1.29 is 4.74 Å². The second-order valence-corrected chi connectivity index (χ2v) is 5.66. The van der Waals surface area contributed by atoms with Crippen molar-refractivity contribution >= 4 is 11.6 Å². The summed E-state index contributed by atoms with van der Waals surface area (Å²) in [6.45, 7) is 9.05. The Morgan fingerprint density at radius 1 is 1.40 bits per heavy atom. The van der Waals surface area contributed by atoms with Crippen molar-refractivity contribution in [1.29, 1.82) is 0 Å². The molecular formula is C15H26N4O. The fraction of sp³-hybridized carbons (Fsp3) is 0.733. The average Bonchev–Trinajstić information content (AvgIpc) is 2.39. The lowest BCUT2D eigenvalue weighted by Gasteiger charge is -2.37. The smallest absolute Gasteiger partial charge is 0.158 e. The van der Waals surface area contributed by atoms with Crippen LogP contribution in [0.4, 0.5) is 11.6 Å². The van der Waals surface area contributed by atoms with Crippen LogP contribution in [0.15, 0.2) is 6.07 Å². The quantitative estimate of drug-likeness (QED) is 0.897. The zero-order valence-electron chi connectivity index (χ0n) is 13.0. The van der Waals surface area contributed by atoms with E-state index in [9.17, 15) is 0 Å². The van der Waals surface area contributed by atoms with Crippen molar-refractivity contribution in [3.63, 3.8) is 0 Å². The Balaban J connectivity index is 2.24. The first-order chi connectivity index (χ1) is 9.63. The van der Waals surface area contributed by atoms with Crippen LogP contribution in [0, 0.1) is 5.92 Å². The van der Waals surface area contributed by atoms with Crippen molar-refractivity contribution in [3.05, 3.63) is 11.9 Å². The molecule has 1 fully saturated rings. The Morgan fingerprint density at radius 2 is 2.20 bits per heavy atom. The third-order valence-electron chi connectivity index (χ3n) is 3.82. The molecule has 1 saturated heterocycles. The van der Waals surface area contributed by atoms with E-state index in [1.165, 1.54) is 12.8 Å². The zero-order valence-corrected chi connectivity index (χ0v) is 13.0. The first-order valence-electron chi connectivity index (χ1n) is 7.51. The van der Waals surface area contributed by atoms with Gasteiger partial charge in [-0.2, -0.15) is 0 Å². The van der Waals surface area contributed by atoms with Crippen LogP contribution in [0.2, 0.25) is 0 Å². The van der Waals surface area contributed by atoms with E-state index < -0.39 is 0 Å². The zero-order chi connectivity index (χ0) is 14.5. The molecule has 5 nitrogen and oxygen atoms in total. The molecule has 0 radical (unpaired) electrons. The summed E-state index contributed by atoms with van der Waals surface area (Å²) in [5.41, 5.74) is 0. The number of nitrogens with one attached hydrogen (secondary N) is 1. The van der Waals surface area contributed by atoms with Gasteiger partial charge in [0.2, 0.25) is 0 Å². The summed E-state index contributed by atoms with van der Waals surface area (Å²) in [6.07, 6.45) is 2.45. The second-order valence-electron chi connectivity index (χ2n) is 5.66. The van der Waals surface area contributed by atoms with Crippen molar-refractivity contribution in [2.75, 3.05) is 30.4 Å². The van der Waals surface area contributed by atoms with Gasteiger partial charge in [-0.1, -0.05) is 6.92 Å². The van der Waals surface area contributed by atoms with Crippen LogP contribution < -0.4 is 10.2 Å². The molecule has 5 heteroatoms. The van der Waals surface area contributed by atoms with Gasteiger partial charge in [-0.3, -0.25) is 0 Å². The SMILES string of the molecule is CCNc1cc(N2CCC(C)CC2C)nc(COC)n1. The summed E-state index contributed by atoms with van der Waals surface area (Å²) in [4.78, 5) is 11.5. The Hall–Kier alpha value is -1.36. The van der Waals surface area contributed by atoms with Gasteiger partial charge in [-0.05, 0) is 32.6 Å². The summed E-state index contributed by atoms with van der Waals surface area (Å²) < 4.78 is 5.18. The van der Waals surface area contributed by atoms with Gasteiger partial charge >= 0.3 is 0 Å². The minimum absolute atomic E-state index is 0.449. The molecule has 2 rings (SSSR count). The lowest BCUT2D eigenvalue weighted by molar-refractivity contribution is 0.178. The fourth-order valence-corrected chi connectivity index (χ4v) is 2.84. The summed E-state index contributed by atoms with van der Waals surface area (Å²) in [6, 6.07) is 2.58. The normalized spacial score (nSPS) is 22.9. The standard InChI is InChI=1S/C15H26N4O/c1-5-16-13-9-15(18-14(17-13)10-20-4)19-7-6-11(2)8-12(19)3/h9,11-12H,5-8,10H2,1-4H3,(H,16,17,18). The second kappa shape index (κ2) is 6.88. The van der Waals surface area contributed by atoms with Crippen LogP contribution >= 0.6 is 0 Å². The largest absolute Gasteiger partial charge is 0.377 e. The number of aromatic nitrogens is 2. The van der Waals surface area contributed by atoms with Crippen LogP contribution in [0.1, 0.15) is 39.4 Å². The van der Waals surface area contributed by atoms with Crippen molar-refractivity contribution in [2.45, 2.75) is 46.3 Å². The summed E-state index contributed by atoms with van der Waals surface area (Å²) in [7, 11) is 1.67. The van der Waals surface area contributed by atoms with Crippen molar-refractivity contribution in [2.24, 2.45) is 5.92 Å². The summed E-state index contributed by atoms with van der Waals surface area (Å²) >= 11 is 0. The number of rotatable bonds is 5. The van der Waals surface area contributed by atoms with Gasteiger partial charge in [0.1, 0.15) is 18.2 Å². The van der Waals surface area contributed by atoms with Crippen LogP contribution in [0.3, 0.4) is 0 Å². The number of piperidine rings is 1. The maximum absolute atomic E-state index is 5.18. The van der Waals surface area contributed by atoms with Crippen LogP contribution in [-0.2, 0) is 11.3 Å². The molecule has 1 aromatic heterocycles. The fourth-order valence-electron chi connectivity index (χ4n) is 2.84. The van der Waals surface area contributed by atoms with Gasteiger partial charge in [-0.15, -0.1) is 0 Å². The number of methoxy groups -OCH3 is 1. The van der Waals surface area contributed by atoms with Gasteiger partial charge < -0.3 is 15.0 Å². The molecule has 0 spiro atoms. The number of ether oxygens (including phenoxy) is 1. The van der Waals surface area contributed by atoms with Crippen LogP contribution in [0.25, 0.3) is 0 Å². The Morgan fingerprint density at radius 3 is 2.85 bits per heavy atom. The molecule has 0 bridgehead atoms. The Bertz CT molecular complexity index is 414. The number of hydrogen-bond acceptors (Lipinski definition) is 5. The molecule has 0 saturated carbocycles. The van der Waals surface area contributed by atoms with Gasteiger partial charge in [-0.25, -0.2) is 9.97 Å². The summed E-state index contributed by atoms with van der Waals surface area (Å²) in [5.74, 6) is 3.44. The molecule has 2 unspecified atom stereocenters. The van der Waals surface area contributed by atoms with E-state index in [0.717, 1.165) is 36.5 Å². The minimum Gasteiger partial charge on any atom is -0.377 e. The molecule has 0 aliphatic carbocycles. The highest BCUT2D eigenvalue weighted by Crippen LogP contribution is 2.27. The molecule has 0 aromatic carbocycles. The molecule has 1 aliphatic heterocycles. The topological polar surface area (TPSA) is 50.3 Å². The molecule has 1 aromatic rings. The monoisotopic (exact) mass is 278 g/mol.